The third-order valence-electron chi connectivity index (χ3n) is 4.54. The summed E-state index contributed by atoms with van der Waals surface area (Å²) in [5.41, 5.74) is 0.940. The summed E-state index contributed by atoms with van der Waals surface area (Å²) in [5, 5.41) is 0.257. The van der Waals surface area contributed by atoms with Crippen LogP contribution in [0.5, 0.6) is 0 Å². The summed E-state index contributed by atoms with van der Waals surface area (Å²) in [7, 11) is 0. The molecule has 2 aliphatic rings. The molecule has 3 rings (SSSR count). The average molecular weight is 358 g/mol. The second-order valence-corrected chi connectivity index (χ2v) is 9.20. The van der Waals surface area contributed by atoms with Gasteiger partial charge in [-0.05, 0) is 26.3 Å². The molecule has 0 N–H and O–H groups in total. The van der Waals surface area contributed by atoms with Crippen molar-refractivity contribution in [3.63, 3.8) is 0 Å². The minimum atomic E-state index is -0.175. The lowest BCUT2D eigenvalue weighted by Gasteiger charge is -2.54. The van der Waals surface area contributed by atoms with Gasteiger partial charge in [0.05, 0.1) is 17.3 Å². The zero-order chi connectivity index (χ0) is 16.1. The largest absolute Gasteiger partial charge is 0.332 e. The van der Waals surface area contributed by atoms with Crippen molar-refractivity contribution in [1.29, 1.82) is 0 Å². The van der Waals surface area contributed by atoms with E-state index in [1.54, 1.807) is 11.8 Å². The lowest BCUT2D eigenvalue weighted by atomic mass is 9.78. The number of amides is 1. The summed E-state index contributed by atoms with van der Waals surface area (Å²) < 4.78 is 0. The molecule has 0 saturated carbocycles. The zero-order valence-electron chi connectivity index (χ0n) is 13.0. The van der Waals surface area contributed by atoms with Crippen molar-refractivity contribution in [1.82, 2.24) is 4.90 Å². The lowest BCUT2D eigenvalue weighted by molar-refractivity contribution is -0.164. The van der Waals surface area contributed by atoms with Crippen molar-refractivity contribution >= 4 is 40.9 Å². The summed E-state index contributed by atoms with van der Waals surface area (Å²) >= 11 is 14.7. The Balaban J connectivity index is 1.90. The van der Waals surface area contributed by atoms with Crippen molar-refractivity contribution in [2.45, 2.75) is 48.2 Å². The minimum Gasteiger partial charge on any atom is -0.332 e. The fourth-order valence-electron chi connectivity index (χ4n) is 3.61. The molecule has 5 unspecified atom stereocenters. The van der Waals surface area contributed by atoms with Crippen molar-refractivity contribution in [2.24, 2.45) is 5.92 Å². The molecule has 1 amide bonds. The van der Waals surface area contributed by atoms with Crippen molar-refractivity contribution < 1.29 is 4.79 Å². The summed E-state index contributed by atoms with van der Waals surface area (Å²) in [6.45, 7) is 6.26. The van der Waals surface area contributed by atoms with Crippen LogP contribution in [0.4, 0.5) is 0 Å². The van der Waals surface area contributed by atoms with Crippen LogP contribution in [0, 0.1) is 5.92 Å². The van der Waals surface area contributed by atoms with Gasteiger partial charge < -0.3 is 4.90 Å². The molecule has 2 saturated heterocycles. The van der Waals surface area contributed by atoms with Crippen molar-refractivity contribution in [3.8, 4) is 0 Å². The molecule has 1 aromatic carbocycles. The molecule has 1 aromatic rings. The highest BCUT2D eigenvalue weighted by Crippen LogP contribution is 2.55. The molecule has 5 atom stereocenters. The molecule has 0 aromatic heterocycles. The van der Waals surface area contributed by atoms with Gasteiger partial charge in [0.15, 0.2) is 0 Å². The molecular formula is C17H21Cl2NOS. The van der Waals surface area contributed by atoms with E-state index in [0.717, 1.165) is 5.56 Å². The number of carbonyl (C=O) groups excluding carboxylic acids is 1. The summed E-state index contributed by atoms with van der Waals surface area (Å²) in [6.07, 6.45) is 0. The van der Waals surface area contributed by atoms with E-state index >= 15 is 0 Å². The van der Waals surface area contributed by atoms with Gasteiger partial charge in [0.2, 0.25) is 5.91 Å². The van der Waals surface area contributed by atoms with Gasteiger partial charge in [-0.25, -0.2) is 0 Å². The van der Waals surface area contributed by atoms with Gasteiger partial charge in [0, 0.05) is 21.9 Å². The molecule has 5 heteroatoms. The SMILES string of the molecule is CC(C)(C)N1C(=O)C2C(CCl)SC(C(Cl)c3ccccc3)C21. The molecular weight excluding hydrogens is 337 g/mol. The van der Waals surface area contributed by atoms with Crippen LogP contribution in [0.2, 0.25) is 0 Å². The maximum absolute atomic E-state index is 12.6. The first-order chi connectivity index (χ1) is 10.4. The van der Waals surface area contributed by atoms with Crippen LogP contribution < -0.4 is 0 Å². The fourth-order valence-corrected chi connectivity index (χ4v) is 6.16. The number of alkyl halides is 2. The Morgan fingerprint density at radius 3 is 2.45 bits per heavy atom. The van der Waals surface area contributed by atoms with Gasteiger partial charge in [-0.1, -0.05) is 30.3 Å². The van der Waals surface area contributed by atoms with Crippen LogP contribution >= 0.6 is 35.0 Å². The number of hydrogen-bond acceptors (Lipinski definition) is 2. The Labute approximate surface area is 146 Å². The maximum atomic E-state index is 12.6. The molecule has 22 heavy (non-hydrogen) atoms. The number of nitrogens with zero attached hydrogens (tertiary/aromatic N) is 1. The molecule has 0 bridgehead atoms. The predicted octanol–water partition coefficient (Wildman–Crippen LogP) is 4.31. The molecule has 2 aliphatic heterocycles. The first-order valence-corrected chi connectivity index (χ1v) is 9.51. The van der Waals surface area contributed by atoms with Gasteiger partial charge in [0.25, 0.3) is 0 Å². The van der Waals surface area contributed by atoms with E-state index in [1.807, 2.05) is 23.1 Å². The Hall–Kier alpha value is -0.380. The number of halogens is 2. The van der Waals surface area contributed by atoms with E-state index in [1.165, 1.54) is 0 Å². The average Bonchev–Trinajstić information content (AvgIpc) is 2.79. The number of carbonyl (C=O) groups is 1. The Morgan fingerprint density at radius 1 is 1.27 bits per heavy atom. The van der Waals surface area contributed by atoms with E-state index in [4.69, 9.17) is 23.2 Å². The summed E-state index contributed by atoms with van der Waals surface area (Å²) in [4.78, 5) is 14.6. The predicted molar refractivity (Wildman–Crippen MR) is 94.8 cm³/mol. The molecule has 0 spiro atoms. The van der Waals surface area contributed by atoms with Crippen LogP contribution in [-0.4, -0.2) is 38.8 Å². The highest BCUT2D eigenvalue weighted by atomic mass is 35.5. The normalized spacial score (nSPS) is 32.6. The van der Waals surface area contributed by atoms with Crippen LogP contribution in [-0.2, 0) is 4.79 Å². The number of thioether (sulfide) groups is 1. The molecule has 2 heterocycles. The smallest absolute Gasteiger partial charge is 0.229 e. The highest BCUT2D eigenvalue weighted by Gasteiger charge is 2.63. The molecule has 0 radical (unpaired) electrons. The number of likely N-dealkylation sites (tertiary alicyclic amines) is 1. The molecule has 120 valence electrons. The Kier molecular flexibility index (Phi) is 4.43. The van der Waals surface area contributed by atoms with Crippen molar-refractivity contribution in [2.75, 3.05) is 5.88 Å². The lowest BCUT2D eigenvalue weighted by Crippen LogP contribution is -2.69. The second kappa shape index (κ2) is 5.92. The van der Waals surface area contributed by atoms with E-state index in [-0.39, 0.29) is 39.3 Å². The number of rotatable bonds is 3. The Morgan fingerprint density at radius 2 is 1.91 bits per heavy atom. The van der Waals surface area contributed by atoms with E-state index in [9.17, 15) is 4.79 Å². The number of β-lactam (4-membered cyclic amide) rings is 1. The third kappa shape index (κ3) is 2.55. The van der Waals surface area contributed by atoms with Gasteiger partial charge in [-0.2, -0.15) is 0 Å². The second-order valence-electron chi connectivity index (χ2n) is 7.00. The molecule has 0 aliphatic carbocycles. The molecule has 2 fully saturated rings. The van der Waals surface area contributed by atoms with Crippen LogP contribution in [0.15, 0.2) is 30.3 Å². The Bertz CT molecular complexity index is 560. The van der Waals surface area contributed by atoms with E-state index in [0.29, 0.717) is 5.88 Å². The van der Waals surface area contributed by atoms with Gasteiger partial charge in [-0.15, -0.1) is 35.0 Å². The summed E-state index contributed by atoms with van der Waals surface area (Å²) in [6, 6.07) is 10.3. The fraction of sp³-hybridized carbons (Fsp3) is 0.588. The van der Waals surface area contributed by atoms with Gasteiger partial charge >= 0.3 is 0 Å². The van der Waals surface area contributed by atoms with Gasteiger partial charge in [-0.3, -0.25) is 4.79 Å². The maximum Gasteiger partial charge on any atom is 0.229 e. The molecule has 2 nitrogen and oxygen atoms in total. The first-order valence-electron chi connectivity index (χ1n) is 7.60. The van der Waals surface area contributed by atoms with Crippen LogP contribution in [0.25, 0.3) is 0 Å². The third-order valence-corrected chi connectivity index (χ3v) is 7.40. The van der Waals surface area contributed by atoms with Crippen LogP contribution in [0.1, 0.15) is 31.7 Å². The summed E-state index contributed by atoms with van der Waals surface area (Å²) in [5.74, 6) is 0.761. The zero-order valence-corrected chi connectivity index (χ0v) is 15.3. The first kappa shape index (κ1) is 16.5. The van der Waals surface area contributed by atoms with E-state index < -0.39 is 0 Å². The number of benzene rings is 1. The van der Waals surface area contributed by atoms with Crippen molar-refractivity contribution in [3.05, 3.63) is 35.9 Å². The topological polar surface area (TPSA) is 20.3 Å². The van der Waals surface area contributed by atoms with E-state index in [2.05, 4.69) is 32.9 Å². The minimum absolute atomic E-state index is 0.0247. The number of fused-ring (bicyclic) bond motifs is 1. The quantitative estimate of drug-likeness (QED) is 0.593. The van der Waals surface area contributed by atoms with Gasteiger partial charge in [0.1, 0.15) is 0 Å². The number of hydrogen-bond donors (Lipinski definition) is 0. The highest BCUT2D eigenvalue weighted by molar-refractivity contribution is 8.01. The monoisotopic (exact) mass is 357 g/mol. The van der Waals surface area contributed by atoms with Crippen LogP contribution in [0.3, 0.4) is 0 Å². The standard InChI is InChI=1S/C17H21Cl2NOS/c1-17(2,3)20-14-12(16(20)21)11(9-18)22-15(14)13(19)10-7-5-4-6-8-10/h4-8,11-15H,9H2,1-3H3.